The largest absolute Gasteiger partial charge is 0.332 e. The molecule has 0 atom stereocenters. The van der Waals surface area contributed by atoms with E-state index in [4.69, 9.17) is 12.2 Å². The first-order valence-corrected chi connectivity index (χ1v) is 8.03. The van der Waals surface area contributed by atoms with Gasteiger partial charge in [0.2, 0.25) is 11.8 Å². The zero-order valence-corrected chi connectivity index (χ0v) is 14.0. The molecule has 0 aliphatic carbocycles. The van der Waals surface area contributed by atoms with Crippen molar-refractivity contribution in [3.8, 4) is 0 Å². The molecule has 23 heavy (non-hydrogen) atoms. The van der Waals surface area contributed by atoms with Crippen molar-refractivity contribution in [1.82, 2.24) is 5.32 Å². The van der Waals surface area contributed by atoms with Crippen molar-refractivity contribution < 1.29 is 9.59 Å². The highest BCUT2D eigenvalue weighted by atomic mass is 32.1. The Morgan fingerprint density at radius 3 is 2.30 bits per heavy atom. The fraction of sp³-hybridized carbons (Fsp3) is 0.0625. The SMILES string of the molecule is CC(=O)Nc1ccc(NC(=S)NC(=O)/C=C/c2cccs2)cc1. The van der Waals surface area contributed by atoms with Crippen LogP contribution in [0.5, 0.6) is 0 Å². The number of anilines is 2. The fourth-order valence-electron chi connectivity index (χ4n) is 1.70. The smallest absolute Gasteiger partial charge is 0.250 e. The lowest BCUT2D eigenvalue weighted by molar-refractivity contribution is -0.115. The van der Waals surface area contributed by atoms with E-state index in [1.807, 2.05) is 17.5 Å². The van der Waals surface area contributed by atoms with Crippen LogP contribution in [0.3, 0.4) is 0 Å². The lowest BCUT2D eigenvalue weighted by Crippen LogP contribution is -2.32. The lowest BCUT2D eigenvalue weighted by Gasteiger charge is -2.09. The maximum atomic E-state index is 11.7. The second-order valence-corrected chi connectivity index (χ2v) is 5.94. The van der Waals surface area contributed by atoms with Gasteiger partial charge in [-0.05, 0) is 54.0 Å². The van der Waals surface area contributed by atoms with Crippen molar-refractivity contribution in [3.63, 3.8) is 0 Å². The zero-order chi connectivity index (χ0) is 16.7. The van der Waals surface area contributed by atoms with Crippen LogP contribution in [0.1, 0.15) is 11.8 Å². The van der Waals surface area contributed by atoms with Crippen LogP contribution in [0.15, 0.2) is 47.9 Å². The molecule has 0 fully saturated rings. The van der Waals surface area contributed by atoms with E-state index in [1.165, 1.54) is 13.0 Å². The molecule has 0 aliphatic heterocycles. The maximum absolute atomic E-state index is 11.7. The molecule has 0 bridgehead atoms. The van der Waals surface area contributed by atoms with Crippen molar-refractivity contribution >= 4 is 57.9 Å². The highest BCUT2D eigenvalue weighted by Gasteiger charge is 2.02. The van der Waals surface area contributed by atoms with Crippen molar-refractivity contribution in [1.29, 1.82) is 0 Å². The molecule has 1 aromatic carbocycles. The molecule has 1 heterocycles. The van der Waals surface area contributed by atoms with Gasteiger partial charge in [-0.15, -0.1) is 11.3 Å². The zero-order valence-electron chi connectivity index (χ0n) is 12.3. The molecule has 3 N–H and O–H groups in total. The molecule has 2 amide bonds. The third-order valence-corrected chi connectivity index (χ3v) is 3.68. The van der Waals surface area contributed by atoms with E-state index in [9.17, 15) is 9.59 Å². The van der Waals surface area contributed by atoms with Gasteiger partial charge >= 0.3 is 0 Å². The van der Waals surface area contributed by atoms with E-state index in [-0.39, 0.29) is 16.9 Å². The molecule has 0 saturated heterocycles. The van der Waals surface area contributed by atoms with Crippen molar-refractivity contribution in [3.05, 3.63) is 52.7 Å². The van der Waals surface area contributed by atoms with Crippen LogP contribution in [0.2, 0.25) is 0 Å². The van der Waals surface area contributed by atoms with Crippen LogP contribution in [0, 0.1) is 0 Å². The second kappa shape index (κ2) is 8.21. The van der Waals surface area contributed by atoms with Gasteiger partial charge in [-0.3, -0.25) is 14.9 Å². The quantitative estimate of drug-likeness (QED) is 0.588. The Morgan fingerprint density at radius 1 is 1.09 bits per heavy atom. The van der Waals surface area contributed by atoms with Gasteiger partial charge in [-0.1, -0.05) is 6.07 Å². The molecule has 0 saturated carbocycles. The summed E-state index contributed by atoms with van der Waals surface area (Å²) >= 11 is 6.63. The lowest BCUT2D eigenvalue weighted by atomic mass is 10.3. The van der Waals surface area contributed by atoms with Crippen molar-refractivity contribution in [2.24, 2.45) is 0 Å². The van der Waals surface area contributed by atoms with Crippen molar-refractivity contribution in [2.45, 2.75) is 6.92 Å². The van der Waals surface area contributed by atoms with E-state index in [0.29, 0.717) is 11.4 Å². The van der Waals surface area contributed by atoms with Crippen molar-refractivity contribution in [2.75, 3.05) is 10.6 Å². The number of hydrogen-bond acceptors (Lipinski definition) is 4. The van der Waals surface area contributed by atoms with E-state index < -0.39 is 0 Å². The van der Waals surface area contributed by atoms with E-state index in [2.05, 4.69) is 16.0 Å². The van der Waals surface area contributed by atoms with Crippen LogP contribution in [0.25, 0.3) is 6.08 Å². The summed E-state index contributed by atoms with van der Waals surface area (Å²) in [5, 5.41) is 10.3. The molecule has 0 aliphatic rings. The molecule has 2 rings (SSSR count). The van der Waals surface area contributed by atoms with Crippen LogP contribution < -0.4 is 16.0 Å². The van der Waals surface area contributed by atoms with E-state index in [0.717, 1.165) is 4.88 Å². The van der Waals surface area contributed by atoms with Crippen LogP contribution in [0.4, 0.5) is 11.4 Å². The number of carbonyl (C=O) groups excluding carboxylic acids is 2. The number of hydrogen-bond donors (Lipinski definition) is 3. The summed E-state index contributed by atoms with van der Waals surface area (Å²) in [7, 11) is 0. The molecule has 0 unspecified atom stereocenters. The second-order valence-electron chi connectivity index (χ2n) is 4.55. The topological polar surface area (TPSA) is 70.2 Å². The number of rotatable bonds is 4. The normalized spacial score (nSPS) is 10.3. The highest BCUT2D eigenvalue weighted by molar-refractivity contribution is 7.80. The molecular formula is C16H15N3O2S2. The first kappa shape index (κ1) is 16.9. The first-order valence-electron chi connectivity index (χ1n) is 6.74. The molecular weight excluding hydrogens is 330 g/mol. The summed E-state index contributed by atoms with van der Waals surface area (Å²) in [6.45, 7) is 1.44. The van der Waals surface area contributed by atoms with E-state index >= 15 is 0 Å². The van der Waals surface area contributed by atoms with Gasteiger partial charge in [-0.25, -0.2) is 0 Å². The summed E-state index contributed by atoms with van der Waals surface area (Å²) in [6.07, 6.45) is 3.16. The Labute approximate surface area is 143 Å². The van der Waals surface area contributed by atoms with Gasteiger partial charge in [-0.2, -0.15) is 0 Å². The number of thiocarbonyl (C=S) groups is 1. The number of thiophene rings is 1. The Kier molecular flexibility index (Phi) is 6.02. The van der Waals surface area contributed by atoms with Gasteiger partial charge in [0, 0.05) is 29.3 Å². The summed E-state index contributed by atoms with van der Waals surface area (Å²) in [5.41, 5.74) is 1.41. The fourth-order valence-corrected chi connectivity index (χ4v) is 2.54. The Balaban J connectivity index is 1.84. The first-order chi connectivity index (χ1) is 11.0. The minimum Gasteiger partial charge on any atom is -0.332 e. The highest BCUT2D eigenvalue weighted by Crippen LogP contribution is 2.13. The summed E-state index contributed by atoms with van der Waals surface area (Å²) in [6, 6.07) is 10.8. The third-order valence-electron chi connectivity index (χ3n) is 2.64. The Hall–Kier alpha value is -2.51. The predicted molar refractivity (Wildman–Crippen MR) is 98.5 cm³/mol. The van der Waals surface area contributed by atoms with Gasteiger partial charge in [0.1, 0.15) is 0 Å². The minimum absolute atomic E-state index is 0.133. The number of carbonyl (C=O) groups is 2. The molecule has 0 spiro atoms. The average Bonchev–Trinajstić information content (AvgIpc) is 3.00. The van der Waals surface area contributed by atoms with Gasteiger partial charge in [0.15, 0.2) is 5.11 Å². The minimum atomic E-state index is -0.300. The molecule has 0 radical (unpaired) electrons. The van der Waals surface area contributed by atoms with Gasteiger partial charge < -0.3 is 10.6 Å². The van der Waals surface area contributed by atoms with Crippen LogP contribution in [-0.2, 0) is 9.59 Å². The average molecular weight is 345 g/mol. The van der Waals surface area contributed by atoms with Gasteiger partial charge in [0.25, 0.3) is 0 Å². The molecule has 5 nitrogen and oxygen atoms in total. The van der Waals surface area contributed by atoms with Crippen LogP contribution >= 0.6 is 23.6 Å². The molecule has 7 heteroatoms. The maximum Gasteiger partial charge on any atom is 0.250 e. The number of amides is 2. The van der Waals surface area contributed by atoms with Crippen LogP contribution in [-0.4, -0.2) is 16.9 Å². The molecule has 2 aromatic rings. The standard InChI is InChI=1S/C16H15N3O2S2/c1-11(20)17-12-4-6-13(7-5-12)18-16(22)19-15(21)9-8-14-3-2-10-23-14/h2-10H,1H3,(H,17,20)(H2,18,19,21,22)/b9-8+. The van der Waals surface area contributed by atoms with Gasteiger partial charge in [0.05, 0.1) is 0 Å². The number of nitrogens with one attached hydrogen (secondary N) is 3. The Morgan fingerprint density at radius 2 is 1.74 bits per heavy atom. The summed E-state index contributed by atoms with van der Waals surface area (Å²) < 4.78 is 0. The molecule has 118 valence electrons. The summed E-state index contributed by atoms with van der Waals surface area (Å²) in [5.74, 6) is -0.434. The predicted octanol–water partition coefficient (Wildman–Crippen LogP) is 3.23. The number of benzene rings is 1. The monoisotopic (exact) mass is 345 g/mol. The summed E-state index contributed by atoms with van der Waals surface area (Å²) in [4.78, 5) is 23.7. The third kappa shape index (κ3) is 6.01. The van der Waals surface area contributed by atoms with E-state index in [1.54, 1.807) is 41.7 Å². The molecule has 1 aromatic heterocycles. The Bertz CT molecular complexity index is 722.